The highest BCUT2D eigenvalue weighted by Gasteiger charge is 2.16. The number of carbonyl (C=O) groups excluding carboxylic acids is 1. The highest BCUT2D eigenvalue weighted by atomic mass is 16.1. The third kappa shape index (κ3) is 2.66. The number of benzene rings is 3. The quantitative estimate of drug-likeness (QED) is 0.568. The van der Waals surface area contributed by atoms with E-state index in [9.17, 15) is 4.79 Å². The Bertz CT molecular complexity index is 1140. The summed E-state index contributed by atoms with van der Waals surface area (Å²) in [5.41, 5.74) is 12.2. The Hall–Kier alpha value is -3.07. The van der Waals surface area contributed by atoms with Crippen molar-refractivity contribution in [3.63, 3.8) is 0 Å². The smallest absolute Gasteiger partial charge is 0.249 e. The fourth-order valence-electron chi connectivity index (χ4n) is 3.76. The van der Waals surface area contributed by atoms with Crippen molar-refractivity contribution < 1.29 is 4.79 Å². The van der Waals surface area contributed by atoms with Crippen LogP contribution in [0.25, 0.3) is 21.8 Å². The second kappa shape index (κ2) is 6.34. The van der Waals surface area contributed by atoms with Gasteiger partial charge in [-0.15, -0.1) is 0 Å². The number of aromatic nitrogens is 1. The summed E-state index contributed by atoms with van der Waals surface area (Å²) in [6.07, 6.45) is 1.02. The average Bonchev–Trinajstić information content (AvgIpc) is 2.95. The molecular formula is C23H22N2O. The van der Waals surface area contributed by atoms with Crippen LogP contribution in [0.4, 0.5) is 0 Å². The van der Waals surface area contributed by atoms with Crippen molar-refractivity contribution in [2.45, 2.75) is 26.8 Å². The lowest BCUT2D eigenvalue weighted by atomic mass is 10.1. The summed E-state index contributed by atoms with van der Waals surface area (Å²) in [4.78, 5) is 12.0. The molecule has 0 saturated carbocycles. The van der Waals surface area contributed by atoms with Crippen LogP contribution >= 0.6 is 0 Å². The molecule has 1 aromatic heterocycles. The van der Waals surface area contributed by atoms with E-state index in [1.165, 1.54) is 16.7 Å². The van der Waals surface area contributed by atoms with Gasteiger partial charge in [-0.1, -0.05) is 49.4 Å². The number of amides is 1. The van der Waals surface area contributed by atoms with Gasteiger partial charge < -0.3 is 10.3 Å². The van der Waals surface area contributed by atoms with Gasteiger partial charge in [0.1, 0.15) is 0 Å². The molecule has 130 valence electrons. The molecule has 1 amide bonds. The molecule has 0 unspecified atom stereocenters. The molecule has 0 aliphatic carbocycles. The van der Waals surface area contributed by atoms with Crippen molar-refractivity contribution in [2.24, 2.45) is 5.73 Å². The number of hydrogen-bond donors (Lipinski definition) is 1. The van der Waals surface area contributed by atoms with E-state index in [1.54, 1.807) is 0 Å². The van der Waals surface area contributed by atoms with Crippen LogP contribution in [0.5, 0.6) is 0 Å². The number of aryl methyl sites for hydroxylation is 2. The van der Waals surface area contributed by atoms with Crippen LogP contribution < -0.4 is 5.73 Å². The normalized spacial score (nSPS) is 11.3. The van der Waals surface area contributed by atoms with Crippen LogP contribution in [0.2, 0.25) is 0 Å². The first-order chi connectivity index (χ1) is 12.6. The minimum Gasteiger partial charge on any atom is -0.366 e. The Morgan fingerprint density at radius 2 is 1.73 bits per heavy atom. The first-order valence-electron chi connectivity index (χ1n) is 8.97. The van der Waals surface area contributed by atoms with Crippen LogP contribution in [-0.2, 0) is 13.0 Å². The monoisotopic (exact) mass is 342 g/mol. The zero-order chi connectivity index (χ0) is 18.3. The lowest BCUT2D eigenvalue weighted by molar-refractivity contribution is 0.100. The standard InChI is InChI=1S/C23H22N2O/c1-3-16-6-4-7-17(13-16)14-25-20-9-5-8-19(23(24)26)22(20)18-11-10-15(2)12-21(18)25/h4-13H,3,14H2,1-2H3,(H2,24,26). The van der Waals surface area contributed by atoms with Gasteiger partial charge in [-0.25, -0.2) is 0 Å². The molecule has 0 bridgehead atoms. The lowest BCUT2D eigenvalue weighted by Gasteiger charge is -2.10. The predicted molar refractivity (Wildman–Crippen MR) is 108 cm³/mol. The molecule has 0 radical (unpaired) electrons. The van der Waals surface area contributed by atoms with Gasteiger partial charge in [0.2, 0.25) is 5.91 Å². The van der Waals surface area contributed by atoms with Crippen molar-refractivity contribution in [3.05, 3.63) is 82.9 Å². The lowest BCUT2D eigenvalue weighted by Crippen LogP contribution is -2.11. The van der Waals surface area contributed by atoms with E-state index in [-0.39, 0.29) is 5.91 Å². The number of rotatable bonds is 4. The highest BCUT2D eigenvalue weighted by Crippen LogP contribution is 2.33. The topological polar surface area (TPSA) is 48.0 Å². The Labute approximate surface area is 153 Å². The summed E-state index contributed by atoms with van der Waals surface area (Å²) in [5.74, 6) is -0.386. The Kier molecular flexibility index (Phi) is 4.00. The van der Waals surface area contributed by atoms with Crippen molar-refractivity contribution in [2.75, 3.05) is 0 Å². The summed E-state index contributed by atoms with van der Waals surface area (Å²) in [5, 5.41) is 2.02. The van der Waals surface area contributed by atoms with Crippen LogP contribution in [0.15, 0.2) is 60.7 Å². The SMILES string of the molecule is CCc1cccc(Cn2c3cc(C)ccc3c3c(C(N)=O)cccc32)c1. The zero-order valence-corrected chi connectivity index (χ0v) is 15.1. The summed E-state index contributed by atoms with van der Waals surface area (Å²) >= 11 is 0. The third-order valence-electron chi connectivity index (χ3n) is 5.05. The molecule has 3 nitrogen and oxygen atoms in total. The van der Waals surface area contributed by atoms with Crippen molar-refractivity contribution in [1.29, 1.82) is 0 Å². The van der Waals surface area contributed by atoms with E-state index in [4.69, 9.17) is 5.73 Å². The fourth-order valence-corrected chi connectivity index (χ4v) is 3.76. The molecule has 1 heterocycles. The minimum atomic E-state index is -0.386. The molecule has 0 fully saturated rings. The molecular weight excluding hydrogens is 320 g/mol. The number of nitrogens with two attached hydrogens (primary N) is 1. The van der Waals surface area contributed by atoms with Gasteiger partial charge in [0, 0.05) is 28.4 Å². The maximum atomic E-state index is 12.0. The van der Waals surface area contributed by atoms with Crippen LogP contribution in [-0.4, -0.2) is 10.5 Å². The second-order valence-electron chi connectivity index (χ2n) is 6.84. The first-order valence-corrected chi connectivity index (χ1v) is 8.97. The summed E-state index contributed by atoms with van der Waals surface area (Å²) in [6, 6.07) is 20.8. The number of fused-ring (bicyclic) bond motifs is 3. The van der Waals surface area contributed by atoms with Crippen molar-refractivity contribution in [3.8, 4) is 0 Å². The first kappa shape index (κ1) is 16.4. The molecule has 3 aromatic carbocycles. The minimum absolute atomic E-state index is 0.386. The van der Waals surface area contributed by atoms with Crippen LogP contribution in [0, 0.1) is 6.92 Å². The van der Waals surface area contributed by atoms with Crippen LogP contribution in [0.3, 0.4) is 0 Å². The highest BCUT2D eigenvalue weighted by molar-refractivity contribution is 6.17. The van der Waals surface area contributed by atoms with Gasteiger partial charge >= 0.3 is 0 Å². The summed E-state index contributed by atoms with van der Waals surface area (Å²) < 4.78 is 2.29. The Morgan fingerprint density at radius 3 is 2.50 bits per heavy atom. The Balaban J connectivity index is 2.01. The molecule has 4 rings (SSSR count). The summed E-state index contributed by atoms with van der Waals surface area (Å²) in [6.45, 7) is 5.02. The molecule has 0 aliphatic heterocycles. The van der Waals surface area contributed by atoms with Gasteiger partial charge in [0.15, 0.2) is 0 Å². The molecule has 3 heteroatoms. The molecule has 0 saturated heterocycles. The zero-order valence-electron chi connectivity index (χ0n) is 15.1. The number of primary amides is 1. The molecule has 0 aliphatic rings. The van der Waals surface area contributed by atoms with Crippen molar-refractivity contribution in [1.82, 2.24) is 4.57 Å². The molecule has 0 spiro atoms. The molecule has 26 heavy (non-hydrogen) atoms. The largest absolute Gasteiger partial charge is 0.366 e. The molecule has 0 atom stereocenters. The number of carbonyl (C=O) groups is 1. The van der Waals surface area contributed by atoms with Crippen LogP contribution in [0.1, 0.15) is 34.0 Å². The van der Waals surface area contributed by atoms with Crippen molar-refractivity contribution >= 4 is 27.7 Å². The predicted octanol–water partition coefficient (Wildman–Crippen LogP) is 4.81. The number of nitrogens with zero attached hydrogens (tertiary/aromatic N) is 1. The van der Waals surface area contributed by atoms with Gasteiger partial charge in [-0.2, -0.15) is 0 Å². The molecule has 2 N–H and O–H groups in total. The maximum Gasteiger partial charge on any atom is 0.249 e. The van der Waals surface area contributed by atoms with E-state index < -0.39 is 0 Å². The van der Waals surface area contributed by atoms with Gasteiger partial charge in [0.25, 0.3) is 0 Å². The van der Waals surface area contributed by atoms with E-state index in [2.05, 4.69) is 66.9 Å². The third-order valence-corrected chi connectivity index (χ3v) is 5.05. The maximum absolute atomic E-state index is 12.0. The second-order valence-corrected chi connectivity index (χ2v) is 6.84. The fraction of sp³-hybridized carbons (Fsp3) is 0.174. The Morgan fingerprint density at radius 1 is 0.962 bits per heavy atom. The summed E-state index contributed by atoms with van der Waals surface area (Å²) in [7, 11) is 0. The van der Waals surface area contributed by atoms with Gasteiger partial charge in [-0.05, 0) is 48.2 Å². The van der Waals surface area contributed by atoms with E-state index in [1.807, 2.05) is 12.1 Å². The molecule has 4 aromatic rings. The van der Waals surface area contributed by atoms with Gasteiger partial charge in [0.05, 0.1) is 5.52 Å². The van der Waals surface area contributed by atoms with E-state index in [0.29, 0.717) is 5.56 Å². The number of hydrogen-bond acceptors (Lipinski definition) is 1. The van der Waals surface area contributed by atoms with E-state index >= 15 is 0 Å². The van der Waals surface area contributed by atoms with E-state index in [0.717, 1.165) is 34.8 Å². The van der Waals surface area contributed by atoms with Gasteiger partial charge in [-0.3, -0.25) is 4.79 Å². The average molecular weight is 342 g/mol.